The molecule has 0 fully saturated rings. The minimum absolute atomic E-state index is 0.305. The van der Waals surface area contributed by atoms with E-state index in [9.17, 15) is 4.79 Å². The van der Waals surface area contributed by atoms with Gasteiger partial charge in [-0.1, -0.05) is 13.0 Å². The molecule has 0 aliphatic heterocycles. The van der Waals surface area contributed by atoms with E-state index in [0.29, 0.717) is 34.9 Å². The molecule has 0 aliphatic carbocycles. The molecule has 1 N–H and O–H groups in total. The maximum Gasteiger partial charge on any atom is 0.271 e. The highest BCUT2D eigenvalue weighted by atomic mass is 16.5. The molecule has 0 bridgehead atoms. The molecule has 1 amide bonds. The van der Waals surface area contributed by atoms with Crippen LogP contribution in [0.25, 0.3) is 0 Å². The predicted molar refractivity (Wildman–Crippen MR) is 101 cm³/mol. The lowest BCUT2D eigenvalue weighted by Crippen LogP contribution is -2.19. The molecule has 0 radical (unpaired) electrons. The Morgan fingerprint density at radius 3 is 2.19 bits per heavy atom. The van der Waals surface area contributed by atoms with Crippen LogP contribution < -0.4 is 19.6 Å². The summed E-state index contributed by atoms with van der Waals surface area (Å²) in [5.74, 6) is 1.68. The normalized spacial score (nSPS) is 11.0. The first-order chi connectivity index (χ1) is 12.6. The molecule has 0 atom stereocenters. The number of ether oxygens (including phenoxy) is 3. The van der Waals surface area contributed by atoms with E-state index < -0.39 is 0 Å². The fourth-order valence-corrected chi connectivity index (χ4v) is 2.39. The first kappa shape index (κ1) is 19.3. The summed E-state index contributed by atoms with van der Waals surface area (Å²) in [6.45, 7) is 4.47. The lowest BCUT2D eigenvalue weighted by Gasteiger charge is -2.12. The third kappa shape index (κ3) is 4.75. The van der Waals surface area contributed by atoms with Gasteiger partial charge in [0, 0.05) is 5.56 Å². The number of rotatable bonds is 8. The van der Waals surface area contributed by atoms with E-state index in [1.807, 2.05) is 25.1 Å². The van der Waals surface area contributed by atoms with E-state index in [1.54, 1.807) is 45.4 Å². The summed E-state index contributed by atoms with van der Waals surface area (Å²) in [6, 6.07) is 12.4. The molecule has 2 aromatic rings. The van der Waals surface area contributed by atoms with Gasteiger partial charge in [-0.05, 0) is 49.7 Å². The van der Waals surface area contributed by atoms with Gasteiger partial charge in [0.25, 0.3) is 5.91 Å². The molecule has 0 saturated heterocycles. The number of benzene rings is 2. The van der Waals surface area contributed by atoms with Gasteiger partial charge in [-0.3, -0.25) is 4.79 Å². The number of hydrogen-bond acceptors (Lipinski definition) is 5. The smallest absolute Gasteiger partial charge is 0.271 e. The maximum absolute atomic E-state index is 12.3. The van der Waals surface area contributed by atoms with E-state index >= 15 is 0 Å². The molecule has 6 nitrogen and oxygen atoms in total. The summed E-state index contributed by atoms with van der Waals surface area (Å²) >= 11 is 0. The molecule has 2 aromatic carbocycles. The Morgan fingerprint density at radius 2 is 1.65 bits per heavy atom. The summed E-state index contributed by atoms with van der Waals surface area (Å²) in [7, 11) is 3.15. The first-order valence-electron chi connectivity index (χ1n) is 8.39. The Kier molecular flexibility index (Phi) is 7.02. The van der Waals surface area contributed by atoms with Crippen molar-refractivity contribution in [2.75, 3.05) is 20.8 Å². The van der Waals surface area contributed by atoms with Crippen LogP contribution in [0.3, 0.4) is 0 Å². The SMILES string of the molecule is CCCOc1ccc(C(=O)N/N=C(\C)c2c(OC)cccc2OC)cc1. The van der Waals surface area contributed by atoms with E-state index in [4.69, 9.17) is 14.2 Å². The minimum Gasteiger partial charge on any atom is -0.496 e. The highest BCUT2D eigenvalue weighted by molar-refractivity contribution is 6.04. The summed E-state index contributed by atoms with van der Waals surface area (Å²) in [6.07, 6.45) is 0.933. The zero-order valence-electron chi connectivity index (χ0n) is 15.5. The molecule has 0 aliphatic rings. The van der Waals surface area contributed by atoms with Gasteiger partial charge in [0.05, 0.1) is 32.1 Å². The van der Waals surface area contributed by atoms with Gasteiger partial charge < -0.3 is 14.2 Å². The Hall–Kier alpha value is -3.02. The molecule has 26 heavy (non-hydrogen) atoms. The topological polar surface area (TPSA) is 69.2 Å². The molecular weight excluding hydrogens is 332 g/mol. The van der Waals surface area contributed by atoms with E-state index in [-0.39, 0.29) is 5.91 Å². The fraction of sp³-hybridized carbons (Fsp3) is 0.300. The second-order valence-corrected chi connectivity index (χ2v) is 5.55. The second kappa shape index (κ2) is 9.46. The van der Waals surface area contributed by atoms with Gasteiger partial charge in [-0.2, -0.15) is 5.10 Å². The Morgan fingerprint density at radius 1 is 1.04 bits per heavy atom. The van der Waals surface area contributed by atoms with Crippen LogP contribution in [-0.4, -0.2) is 32.4 Å². The molecule has 0 saturated carbocycles. The highest BCUT2D eigenvalue weighted by Gasteiger charge is 2.13. The van der Waals surface area contributed by atoms with E-state index in [1.165, 1.54) is 0 Å². The Balaban J connectivity index is 2.12. The van der Waals surface area contributed by atoms with Crippen LogP contribution in [0, 0.1) is 0 Å². The van der Waals surface area contributed by atoms with Crippen molar-refractivity contribution < 1.29 is 19.0 Å². The zero-order valence-corrected chi connectivity index (χ0v) is 15.5. The van der Waals surface area contributed by atoms with Gasteiger partial charge in [0.15, 0.2) is 0 Å². The number of hydrogen-bond donors (Lipinski definition) is 1. The van der Waals surface area contributed by atoms with E-state index in [0.717, 1.165) is 12.2 Å². The molecular formula is C20H24N2O4. The van der Waals surface area contributed by atoms with Crippen LogP contribution >= 0.6 is 0 Å². The molecule has 138 valence electrons. The van der Waals surface area contributed by atoms with Gasteiger partial charge in [0.2, 0.25) is 0 Å². The quantitative estimate of drug-likeness (QED) is 0.579. The number of methoxy groups -OCH3 is 2. The number of carbonyl (C=O) groups is 1. The van der Waals surface area contributed by atoms with Crippen LogP contribution in [0.4, 0.5) is 0 Å². The van der Waals surface area contributed by atoms with Crippen LogP contribution in [0.15, 0.2) is 47.6 Å². The molecule has 0 aromatic heterocycles. The van der Waals surface area contributed by atoms with Crippen LogP contribution in [0.1, 0.15) is 36.2 Å². The first-order valence-corrected chi connectivity index (χ1v) is 8.39. The molecule has 6 heteroatoms. The molecule has 2 rings (SSSR count). The van der Waals surface area contributed by atoms with Crippen molar-refractivity contribution in [1.29, 1.82) is 0 Å². The van der Waals surface area contributed by atoms with Gasteiger partial charge in [0.1, 0.15) is 17.2 Å². The maximum atomic E-state index is 12.3. The largest absolute Gasteiger partial charge is 0.496 e. The Bertz CT molecular complexity index is 748. The fourth-order valence-electron chi connectivity index (χ4n) is 2.39. The lowest BCUT2D eigenvalue weighted by molar-refractivity contribution is 0.0954. The number of nitrogens with one attached hydrogen (secondary N) is 1. The van der Waals surface area contributed by atoms with E-state index in [2.05, 4.69) is 10.5 Å². The minimum atomic E-state index is -0.305. The van der Waals surface area contributed by atoms with Crippen molar-refractivity contribution in [3.05, 3.63) is 53.6 Å². The summed E-state index contributed by atoms with van der Waals surface area (Å²) in [5, 5.41) is 4.19. The molecule has 0 heterocycles. The van der Waals surface area contributed by atoms with Crippen molar-refractivity contribution in [1.82, 2.24) is 5.43 Å². The standard InChI is InChI=1S/C20H24N2O4/c1-5-13-26-16-11-9-15(10-12-16)20(23)22-21-14(2)19-17(24-3)7-6-8-18(19)25-4/h6-12H,5,13H2,1-4H3,(H,22,23)/b21-14+. The van der Waals surface area contributed by atoms with Crippen LogP contribution in [0.2, 0.25) is 0 Å². The van der Waals surface area contributed by atoms with Crippen LogP contribution in [-0.2, 0) is 0 Å². The highest BCUT2D eigenvalue weighted by Crippen LogP contribution is 2.28. The van der Waals surface area contributed by atoms with Crippen molar-refractivity contribution in [2.45, 2.75) is 20.3 Å². The zero-order chi connectivity index (χ0) is 18.9. The van der Waals surface area contributed by atoms with Crippen LogP contribution in [0.5, 0.6) is 17.2 Å². The van der Waals surface area contributed by atoms with Crippen molar-refractivity contribution >= 4 is 11.6 Å². The van der Waals surface area contributed by atoms with Crippen molar-refractivity contribution in [2.24, 2.45) is 5.10 Å². The summed E-state index contributed by atoms with van der Waals surface area (Å²) in [5.41, 5.74) is 4.33. The molecule has 0 unspecified atom stereocenters. The van der Waals surface area contributed by atoms with Gasteiger partial charge >= 0.3 is 0 Å². The monoisotopic (exact) mass is 356 g/mol. The average molecular weight is 356 g/mol. The third-order valence-electron chi connectivity index (χ3n) is 3.70. The third-order valence-corrected chi connectivity index (χ3v) is 3.70. The van der Waals surface area contributed by atoms with Crippen molar-refractivity contribution in [3.63, 3.8) is 0 Å². The number of hydrazone groups is 1. The predicted octanol–water partition coefficient (Wildman–Crippen LogP) is 3.65. The second-order valence-electron chi connectivity index (χ2n) is 5.55. The van der Waals surface area contributed by atoms with Gasteiger partial charge in [-0.15, -0.1) is 0 Å². The number of amides is 1. The van der Waals surface area contributed by atoms with Gasteiger partial charge in [-0.25, -0.2) is 5.43 Å². The average Bonchev–Trinajstić information content (AvgIpc) is 2.69. The lowest BCUT2D eigenvalue weighted by atomic mass is 10.1. The Labute approximate surface area is 153 Å². The summed E-state index contributed by atoms with van der Waals surface area (Å²) in [4.78, 5) is 12.3. The number of carbonyl (C=O) groups excluding carboxylic acids is 1. The summed E-state index contributed by atoms with van der Waals surface area (Å²) < 4.78 is 16.2. The number of nitrogens with zero attached hydrogens (tertiary/aromatic N) is 1. The van der Waals surface area contributed by atoms with Crippen molar-refractivity contribution in [3.8, 4) is 17.2 Å². The molecule has 0 spiro atoms.